The van der Waals surface area contributed by atoms with Gasteiger partial charge in [-0.3, -0.25) is 4.79 Å². The van der Waals surface area contributed by atoms with Gasteiger partial charge in [0.1, 0.15) is 17.0 Å². The number of rotatable bonds is 9. The highest BCUT2D eigenvalue weighted by atomic mass is 28.4. The number of aliphatic hydroxyl groups is 1. The average molecular weight is 745 g/mol. The third kappa shape index (κ3) is 10.6. The van der Waals surface area contributed by atoms with Crippen molar-refractivity contribution >= 4 is 22.6 Å². The van der Waals surface area contributed by atoms with Crippen molar-refractivity contribution in [3.63, 3.8) is 0 Å². The molecule has 2 rings (SSSR count). The Labute approximate surface area is 317 Å². The number of esters is 1. The van der Waals surface area contributed by atoms with Crippen LogP contribution in [0.5, 0.6) is 0 Å². The molecule has 0 aromatic heterocycles. The van der Waals surface area contributed by atoms with E-state index in [9.17, 15) is 9.90 Å². The molecule has 0 aromatic rings. The molecule has 0 fully saturated rings. The minimum Gasteiger partial charge on any atom is -0.544 e. The van der Waals surface area contributed by atoms with Crippen molar-refractivity contribution in [2.75, 3.05) is 0 Å². The van der Waals surface area contributed by atoms with E-state index in [4.69, 9.17) is 13.6 Å². The minimum absolute atomic E-state index is 0.0187. The van der Waals surface area contributed by atoms with Crippen molar-refractivity contribution < 1.29 is 23.5 Å². The molecule has 294 valence electrons. The Balaban J connectivity index is 2.92. The number of carbonyl (C=O) groups excluding carboxylic acids is 1. The van der Waals surface area contributed by atoms with Crippen molar-refractivity contribution in [1.29, 1.82) is 0 Å². The molecule has 2 aliphatic rings. The molecule has 0 radical (unpaired) electrons. The zero-order valence-electron chi connectivity index (χ0n) is 36.6. The van der Waals surface area contributed by atoms with E-state index in [2.05, 4.69) is 127 Å². The van der Waals surface area contributed by atoms with Gasteiger partial charge in [0.15, 0.2) is 8.32 Å². The molecule has 0 unspecified atom stereocenters. The van der Waals surface area contributed by atoms with Gasteiger partial charge in [-0.1, -0.05) is 98.6 Å². The number of hydrogen-bond acceptors (Lipinski definition) is 5. The monoisotopic (exact) mass is 745 g/mol. The average Bonchev–Trinajstić information content (AvgIpc) is 3.18. The van der Waals surface area contributed by atoms with Crippen LogP contribution in [0.4, 0.5) is 0 Å². The summed E-state index contributed by atoms with van der Waals surface area (Å²) in [5.41, 5.74) is 2.18. The fourth-order valence-corrected chi connectivity index (χ4v) is 15.1. The second-order valence-electron chi connectivity index (χ2n) is 20.0. The maximum absolute atomic E-state index is 14.1. The van der Waals surface area contributed by atoms with E-state index in [0.717, 1.165) is 32.1 Å². The SMILES string of the molecule is C/C1=C\C[C@]2(C)C=C(O[Si](C(C)C)(C(C)C)C(C)C)[C@](O)([C@H](C)C(=O)OC(C)(C)C)[C@H]2C/C=C(\C)[C@@H](O[Si](C)(C)C(C)(C)C)CC/C(C)=C/CC1. The first-order chi connectivity index (χ1) is 23.0. The van der Waals surface area contributed by atoms with Crippen molar-refractivity contribution in [1.82, 2.24) is 0 Å². The molecule has 0 saturated carbocycles. The number of carbonyl (C=O) groups is 1. The second kappa shape index (κ2) is 16.9. The summed E-state index contributed by atoms with van der Waals surface area (Å²) < 4.78 is 20.7. The Bertz CT molecular complexity index is 1300. The second-order valence-corrected chi connectivity index (χ2v) is 30.1. The van der Waals surface area contributed by atoms with Crippen molar-refractivity contribution in [3.8, 4) is 0 Å². The molecule has 0 aromatic carbocycles. The van der Waals surface area contributed by atoms with Gasteiger partial charge in [-0.2, -0.15) is 0 Å². The summed E-state index contributed by atoms with van der Waals surface area (Å²) in [6.45, 7) is 41.7. The molecule has 0 heterocycles. The van der Waals surface area contributed by atoms with E-state index in [1.54, 1.807) is 0 Å². The molecule has 5 atom stereocenters. The first-order valence-electron chi connectivity index (χ1n) is 20.1. The van der Waals surface area contributed by atoms with Crippen LogP contribution in [0.2, 0.25) is 34.8 Å². The Hall–Kier alpha value is -1.42. The third-order valence-electron chi connectivity index (χ3n) is 12.7. The summed E-state index contributed by atoms with van der Waals surface area (Å²) in [4.78, 5) is 14.1. The van der Waals surface area contributed by atoms with Crippen molar-refractivity contribution in [3.05, 3.63) is 46.8 Å². The predicted octanol–water partition coefficient (Wildman–Crippen LogP) is 13.0. The van der Waals surface area contributed by atoms with Crippen LogP contribution in [-0.4, -0.2) is 45.0 Å². The Kier molecular flexibility index (Phi) is 15.2. The lowest BCUT2D eigenvalue weighted by molar-refractivity contribution is -0.173. The van der Waals surface area contributed by atoms with Gasteiger partial charge in [-0.25, -0.2) is 0 Å². The van der Waals surface area contributed by atoms with Crippen LogP contribution >= 0.6 is 0 Å². The van der Waals surface area contributed by atoms with Gasteiger partial charge in [-0.05, 0) is 139 Å². The van der Waals surface area contributed by atoms with Crippen LogP contribution in [0.3, 0.4) is 0 Å². The molecule has 5 nitrogen and oxygen atoms in total. The van der Waals surface area contributed by atoms with Gasteiger partial charge in [0.05, 0.1) is 12.0 Å². The zero-order chi connectivity index (χ0) is 39.5. The maximum atomic E-state index is 14.1. The van der Waals surface area contributed by atoms with Crippen LogP contribution in [0, 0.1) is 17.3 Å². The third-order valence-corrected chi connectivity index (χ3v) is 23.2. The lowest BCUT2D eigenvalue weighted by Crippen LogP contribution is -2.55. The molecule has 7 heteroatoms. The number of fused-ring (bicyclic) bond motifs is 1. The molecule has 0 spiro atoms. The first-order valence-corrected chi connectivity index (χ1v) is 25.1. The first kappa shape index (κ1) is 45.7. The molecule has 1 N–H and O–H groups in total. The lowest BCUT2D eigenvalue weighted by Gasteiger charge is -2.47. The summed E-state index contributed by atoms with van der Waals surface area (Å²) >= 11 is 0. The zero-order valence-corrected chi connectivity index (χ0v) is 38.6. The van der Waals surface area contributed by atoms with Gasteiger partial charge in [0, 0.05) is 5.92 Å². The molecule has 0 saturated heterocycles. The molecule has 0 aliphatic heterocycles. The van der Waals surface area contributed by atoms with Crippen molar-refractivity contribution in [2.45, 2.75) is 208 Å². The van der Waals surface area contributed by atoms with Crippen LogP contribution in [-0.2, 0) is 18.4 Å². The normalized spacial score (nSPS) is 30.3. The summed E-state index contributed by atoms with van der Waals surface area (Å²) in [5.74, 6) is -0.959. The topological polar surface area (TPSA) is 65.0 Å². The predicted molar refractivity (Wildman–Crippen MR) is 223 cm³/mol. The molecular weight excluding hydrogens is 665 g/mol. The van der Waals surface area contributed by atoms with E-state index in [1.807, 2.05) is 27.7 Å². The highest BCUT2D eigenvalue weighted by Crippen LogP contribution is 2.58. The number of ether oxygens (including phenoxy) is 1. The van der Waals surface area contributed by atoms with Gasteiger partial charge >= 0.3 is 5.97 Å². The van der Waals surface area contributed by atoms with Gasteiger partial charge < -0.3 is 18.7 Å². The Morgan fingerprint density at radius 1 is 0.863 bits per heavy atom. The molecule has 0 amide bonds. The summed E-state index contributed by atoms with van der Waals surface area (Å²) in [5, 5.41) is 13.6. The fourth-order valence-electron chi connectivity index (χ4n) is 8.43. The van der Waals surface area contributed by atoms with E-state index in [-0.39, 0.29) is 17.1 Å². The molecular formula is C44H80O5Si2. The molecule has 51 heavy (non-hydrogen) atoms. The van der Waals surface area contributed by atoms with E-state index < -0.39 is 45.1 Å². The highest BCUT2D eigenvalue weighted by molar-refractivity contribution is 6.78. The summed E-state index contributed by atoms with van der Waals surface area (Å²) in [6, 6.07) is 0. The van der Waals surface area contributed by atoms with Crippen LogP contribution in [0.15, 0.2) is 46.8 Å². The smallest absolute Gasteiger partial charge is 0.312 e. The van der Waals surface area contributed by atoms with Gasteiger partial charge in [-0.15, -0.1) is 0 Å². The number of allylic oxidation sites excluding steroid dienone is 6. The van der Waals surface area contributed by atoms with Gasteiger partial charge in [0.25, 0.3) is 8.32 Å². The van der Waals surface area contributed by atoms with Crippen LogP contribution in [0.25, 0.3) is 0 Å². The minimum atomic E-state index is -2.51. The Morgan fingerprint density at radius 2 is 1.39 bits per heavy atom. The molecule has 2 aliphatic carbocycles. The van der Waals surface area contributed by atoms with Crippen LogP contribution in [0.1, 0.15) is 156 Å². The van der Waals surface area contributed by atoms with Gasteiger partial charge in [0.2, 0.25) is 0 Å². The maximum Gasteiger partial charge on any atom is 0.312 e. The van der Waals surface area contributed by atoms with E-state index in [0.29, 0.717) is 28.8 Å². The summed E-state index contributed by atoms with van der Waals surface area (Å²) in [6.07, 6.45) is 14.5. The lowest BCUT2D eigenvalue weighted by atomic mass is 9.66. The van der Waals surface area contributed by atoms with Crippen LogP contribution < -0.4 is 0 Å². The highest BCUT2D eigenvalue weighted by Gasteiger charge is 2.62. The molecule has 0 bridgehead atoms. The summed E-state index contributed by atoms with van der Waals surface area (Å²) in [7, 11) is -4.59. The standard InChI is InChI=1S/C44H80O5Si2/c1-30(2)51(31(3)4,32(5)6)49-39-29-43(17)28-27-34(8)22-20-21-33(7)23-25-37(48-50(18,19)42(14,15)16)35(9)24-26-38(43)44(39,46)36(10)40(45)47-41(11,12)13/h21,24,27,29-32,36-38,46H,20,22-23,25-26,28H2,1-19H3/b33-21+,34-27+,35-24+/t36-,37+,38+,43-,44+/m1/s1. The Morgan fingerprint density at radius 3 is 1.88 bits per heavy atom. The van der Waals surface area contributed by atoms with Crippen molar-refractivity contribution in [2.24, 2.45) is 17.3 Å². The van der Waals surface area contributed by atoms with E-state index in [1.165, 1.54) is 16.7 Å². The number of hydrogen-bond donors (Lipinski definition) is 1. The quantitative estimate of drug-likeness (QED) is 0.145. The fraction of sp³-hybridized carbons (Fsp3) is 0.795. The van der Waals surface area contributed by atoms with E-state index >= 15 is 0 Å². The largest absolute Gasteiger partial charge is 0.544 e.